The zero-order valence-electron chi connectivity index (χ0n) is 15.3. The lowest BCUT2D eigenvalue weighted by Crippen LogP contribution is -2.36. The molecule has 2 aromatic carbocycles. The van der Waals surface area contributed by atoms with Crippen LogP contribution in [-0.4, -0.2) is 37.6 Å². The topological polar surface area (TPSA) is 38.8 Å². The maximum atomic E-state index is 12.1. The van der Waals surface area contributed by atoms with Gasteiger partial charge in [0.2, 0.25) is 0 Å². The Morgan fingerprint density at radius 3 is 2.48 bits per heavy atom. The van der Waals surface area contributed by atoms with Gasteiger partial charge in [-0.1, -0.05) is 23.2 Å². The third kappa shape index (κ3) is 4.89. The van der Waals surface area contributed by atoms with Crippen LogP contribution in [0.15, 0.2) is 36.4 Å². The summed E-state index contributed by atoms with van der Waals surface area (Å²) >= 11 is 6.34. The fourth-order valence-electron chi connectivity index (χ4n) is 2.32. The fourth-order valence-corrected chi connectivity index (χ4v) is 2.55. The van der Waals surface area contributed by atoms with E-state index in [0.717, 1.165) is 16.7 Å². The molecule has 2 aromatic rings. The molecular weight excluding hydrogens is 338 g/mol. The van der Waals surface area contributed by atoms with E-state index in [1.165, 1.54) is 0 Å². The second kappa shape index (κ2) is 8.26. The van der Waals surface area contributed by atoms with Crippen LogP contribution >= 0.6 is 11.6 Å². The number of ether oxygens (including phenoxy) is 2. The zero-order chi connectivity index (χ0) is 18.6. The highest BCUT2D eigenvalue weighted by molar-refractivity contribution is 6.33. The normalized spacial score (nSPS) is 10.7. The molecule has 0 aromatic heterocycles. The molecule has 2 rings (SSSR count). The van der Waals surface area contributed by atoms with Gasteiger partial charge in [-0.25, -0.2) is 0 Å². The molecule has 0 bridgehead atoms. The lowest BCUT2D eigenvalue weighted by Gasteiger charge is -2.21. The summed E-state index contributed by atoms with van der Waals surface area (Å²) in [5, 5.41) is 0.653. The predicted molar refractivity (Wildman–Crippen MR) is 102 cm³/mol. The van der Waals surface area contributed by atoms with Crippen molar-refractivity contribution in [3.63, 3.8) is 0 Å². The Kier molecular flexibility index (Phi) is 6.32. The Balaban J connectivity index is 2.28. The summed E-state index contributed by atoms with van der Waals surface area (Å²) in [7, 11) is 3.36. The molecule has 0 radical (unpaired) electrons. The number of benzene rings is 2. The lowest BCUT2D eigenvalue weighted by atomic mass is 10.0. The zero-order valence-corrected chi connectivity index (χ0v) is 16.1. The smallest absolute Gasteiger partial charge is 0.260 e. The molecule has 0 aliphatic carbocycles. The number of methoxy groups -OCH3 is 1. The van der Waals surface area contributed by atoms with Gasteiger partial charge in [-0.05, 0) is 50.6 Å². The van der Waals surface area contributed by atoms with Crippen molar-refractivity contribution in [1.29, 1.82) is 0 Å². The van der Waals surface area contributed by atoms with Gasteiger partial charge in [-0.15, -0.1) is 0 Å². The van der Waals surface area contributed by atoms with Crippen molar-refractivity contribution in [3.05, 3.63) is 47.0 Å². The molecule has 0 N–H and O–H groups in total. The van der Waals surface area contributed by atoms with E-state index < -0.39 is 0 Å². The van der Waals surface area contributed by atoms with Crippen LogP contribution in [0.3, 0.4) is 0 Å². The Labute approximate surface area is 154 Å². The molecule has 0 fully saturated rings. The number of hydrogen-bond acceptors (Lipinski definition) is 3. The molecule has 0 aliphatic rings. The maximum Gasteiger partial charge on any atom is 0.260 e. The minimum atomic E-state index is -0.0760. The van der Waals surface area contributed by atoms with Crippen LogP contribution < -0.4 is 9.47 Å². The van der Waals surface area contributed by atoms with Gasteiger partial charge in [0.25, 0.3) is 5.91 Å². The first kappa shape index (κ1) is 19.1. The summed E-state index contributed by atoms with van der Waals surface area (Å²) in [5.74, 6) is 1.14. The van der Waals surface area contributed by atoms with E-state index in [4.69, 9.17) is 21.1 Å². The Morgan fingerprint density at radius 2 is 1.84 bits per heavy atom. The van der Waals surface area contributed by atoms with Crippen LogP contribution in [0, 0.1) is 6.92 Å². The van der Waals surface area contributed by atoms with Crippen LogP contribution in [0.1, 0.15) is 19.4 Å². The van der Waals surface area contributed by atoms with Gasteiger partial charge in [0.15, 0.2) is 6.61 Å². The summed E-state index contributed by atoms with van der Waals surface area (Å²) in [5.41, 5.74) is 2.89. The van der Waals surface area contributed by atoms with Crippen molar-refractivity contribution < 1.29 is 14.3 Å². The number of hydrogen-bond donors (Lipinski definition) is 0. The molecule has 4 nitrogen and oxygen atoms in total. The molecule has 0 saturated carbocycles. The molecule has 0 saturated heterocycles. The average molecular weight is 362 g/mol. The quantitative estimate of drug-likeness (QED) is 0.756. The van der Waals surface area contributed by atoms with Crippen LogP contribution in [0.5, 0.6) is 11.5 Å². The number of rotatable bonds is 6. The van der Waals surface area contributed by atoms with E-state index in [9.17, 15) is 4.79 Å². The molecule has 1 amide bonds. The van der Waals surface area contributed by atoms with Gasteiger partial charge < -0.3 is 14.4 Å². The number of likely N-dealkylation sites (N-methyl/N-ethyl adjacent to an activating group) is 1. The van der Waals surface area contributed by atoms with Gasteiger partial charge in [-0.2, -0.15) is 0 Å². The first-order chi connectivity index (χ1) is 11.8. The highest BCUT2D eigenvalue weighted by Crippen LogP contribution is 2.34. The van der Waals surface area contributed by atoms with Gasteiger partial charge in [0.1, 0.15) is 11.5 Å². The van der Waals surface area contributed by atoms with Crippen molar-refractivity contribution in [2.24, 2.45) is 0 Å². The molecule has 0 heterocycles. The fraction of sp³-hybridized carbons (Fsp3) is 0.350. The van der Waals surface area contributed by atoms with E-state index in [0.29, 0.717) is 16.5 Å². The number of aryl methyl sites for hydroxylation is 1. The van der Waals surface area contributed by atoms with Gasteiger partial charge in [0, 0.05) is 29.7 Å². The van der Waals surface area contributed by atoms with Crippen LogP contribution in [-0.2, 0) is 4.79 Å². The summed E-state index contributed by atoms with van der Waals surface area (Å²) in [4.78, 5) is 13.8. The van der Waals surface area contributed by atoms with Crippen molar-refractivity contribution in [1.82, 2.24) is 4.90 Å². The lowest BCUT2D eigenvalue weighted by molar-refractivity contribution is -0.133. The van der Waals surface area contributed by atoms with Crippen molar-refractivity contribution in [3.8, 4) is 22.6 Å². The van der Waals surface area contributed by atoms with Crippen molar-refractivity contribution >= 4 is 17.5 Å². The van der Waals surface area contributed by atoms with E-state index in [-0.39, 0.29) is 18.6 Å². The molecule has 5 heteroatoms. The third-order valence-electron chi connectivity index (χ3n) is 4.08. The van der Waals surface area contributed by atoms with Gasteiger partial charge in [0.05, 0.1) is 7.11 Å². The number of carbonyl (C=O) groups excluding carboxylic acids is 1. The standard InChI is InChI=1S/C20H24ClNO3/c1-13(2)22(4)20(23)12-25-17-10-15(9-16(11-17)24-5)18-8-14(3)6-7-19(18)21/h6-11,13H,12H2,1-5H3. The first-order valence-electron chi connectivity index (χ1n) is 8.16. The Bertz CT molecular complexity index is 759. The van der Waals surface area contributed by atoms with E-state index in [1.807, 2.05) is 51.1 Å². The van der Waals surface area contributed by atoms with Gasteiger partial charge in [-0.3, -0.25) is 4.79 Å². The molecule has 25 heavy (non-hydrogen) atoms. The maximum absolute atomic E-state index is 12.1. The van der Waals surface area contributed by atoms with E-state index in [1.54, 1.807) is 25.1 Å². The van der Waals surface area contributed by atoms with E-state index in [2.05, 4.69) is 0 Å². The summed E-state index contributed by atoms with van der Waals surface area (Å²) in [6.07, 6.45) is 0. The first-order valence-corrected chi connectivity index (χ1v) is 8.53. The largest absolute Gasteiger partial charge is 0.497 e. The number of halogens is 1. The Morgan fingerprint density at radius 1 is 1.16 bits per heavy atom. The van der Waals surface area contributed by atoms with Gasteiger partial charge >= 0.3 is 0 Å². The highest BCUT2D eigenvalue weighted by Gasteiger charge is 2.14. The van der Waals surface area contributed by atoms with Crippen molar-refractivity contribution in [2.75, 3.05) is 20.8 Å². The summed E-state index contributed by atoms with van der Waals surface area (Å²) in [6.45, 7) is 5.91. The predicted octanol–water partition coefficient (Wildman–Crippen LogP) is 4.57. The number of amides is 1. The molecule has 0 unspecified atom stereocenters. The monoisotopic (exact) mass is 361 g/mol. The SMILES string of the molecule is COc1cc(OCC(=O)N(C)C(C)C)cc(-c2cc(C)ccc2Cl)c1. The molecule has 0 aliphatic heterocycles. The molecule has 0 atom stereocenters. The Hall–Kier alpha value is -2.20. The number of nitrogens with zero attached hydrogens (tertiary/aromatic N) is 1. The number of carbonyl (C=O) groups is 1. The molecular formula is C20H24ClNO3. The molecule has 134 valence electrons. The second-order valence-corrected chi connectivity index (χ2v) is 6.67. The third-order valence-corrected chi connectivity index (χ3v) is 4.41. The van der Waals surface area contributed by atoms with E-state index >= 15 is 0 Å². The minimum absolute atomic E-state index is 0.0250. The summed E-state index contributed by atoms with van der Waals surface area (Å²) < 4.78 is 11.1. The minimum Gasteiger partial charge on any atom is -0.497 e. The second-order valence-electron chi connectivity index (χ2n) is 6.27. The van der Waals surface area contributed by atoms with Crippen LogP contribution in [0.2, 0.25) is 5.02 Å². The van der Waals surface area contributed by atoms with Crippen LogP contribution in [0.4, 0.5) is 0 Å². The highest BCUT2D eigenvalue weighted by atomic mass is 35.5. The van der Waals surface area contributed by atoms with Crippen molar-refractivity contribution in [2.45, 2.75) is 26.8 Å². The molecule has 0 spiro atoms. The van der Waals surface area contributed by atoms with Crippen LogP contribution in [0.25, 0.3) is 11.1 Å². The summed E-state index contributed by atoms with van der Waals surface area (Å²) in [6, 6.07) is 11.5. The average Bonchev–Trinajstić information content (AvgIpc) is 2.60.